The summed E-state index contributed by atoms with van der Waals surface area (Å²) in [5, 5.41) is 24.3. The standard InChI is InChI=1S/C28H42O3S2Si/c1-27(2,3)34(23-13-8-6-9-14-23,24-15-10-7-11-16-24)31-18-17-22(29)21-25(30)28(4,5)26-32-19-12-20-33-26/h6-11,13-16,22,25-26,29-30H,12,17-21H2,1-5H3/t22-,25+/m1/s1. The molecule has 0 spiro atoms. The molecular weight excluding hydrogens is 477 g/mol. The number of aliphatic hydroxyl groups is 2. The van der Waals surface area contributed by atoms with Crippen molar-refractivity contribution in [1.29, 1.82) is 0 Å². The van der Waals surface area contributed by atoms with E-state index in [9.17, 15) is 10.2 Å². The van der Waals surface area contributed by atoms with Crippen molar-refractivity contribution in [3.63, 3.8) is 0 Å². The lowest BCUT2D eigenvalue weighted by Gasteiger charge is -2.43. The van der Waals surface area contributed by atoms with Gasteiger partial charge in [0.25, 0.3) is 8.32 Å². The predicted octanol–water partition coefficient (Wildman–Crippen LogP) is 5.29. The number of aliphatic hydroxyl groups excluding tert-OH is 2. The van der Waals surface area contributed by atoms with Crippen LogP contribution in [0.1, 0.15) is 53.9 Å². The Bertz CT molecular complexity index is 825. The molecule has 0 bridgehead atoms. The van der Waals surface area contributed by atoms with E-state index in [1.54, 1.807) is 0 Å². The molecule has 2 aromatic carbocycles. The third-order valence-corrected chi connectivity index (χ3v) is 15.7. The first-order valence-electron chi connectivity index (χ1n) is 12.4. The van der Waals surface area contributed by atoms with Gasteiger partial charge < -0.3 is 14.6 Å². The Hall–Kier alpha value is -0.763. The second-order valence-corrected chi connectivity index (χ2v) is 18.0. The quantitative estimate of drug-likeness (QED) is 0.419. The van der Waals surface area contributed by atoms with Crippen molar-refractivity contribution < 1.29 is 14.6 Å². The SMILES string of the molecule is CC(C)(C1SCCCS1)[C@@H](O)C[C@H](O)CCO[Si](c1ccccc1)(c1ccccc1)C(C)(C)C. The van der Waals surface area contributed by atoms with Crippen LogP contribution in [-0.2, 0) is 4.43 Å². The molecule has 1 aliphatic heterocycles. The summed E-state index contributed by atoms with van der Waals surface area (Å²) in [4.78, 5) is 0. The first-order valence-corrected chi connectivity index (χ1v) is 16.4. The van der Waals surface area contributed by atoms with E-state index in [1.807, 2.05) is 35.7 Å². The summed E-state index contributed by atoms with van der Waals surface area (Å²) in [7, 11) is -2.60. The van der Waals surface area contributed by atoms with Gasteiger partial charge in [0.2, 0.25) is 0 Å². The fourth-order valence-corrected chi connectivity index (χ4v) is 12.8. The molecule has 3 rings (SSSR count). The maximum absolute atomic E-state index is 11.0. The molecule has 3 nitrogen and oxygen atoms in total. The van der Waals surface area contributed by atoms with Crippen LogP contribution in [0.4, 0.5) is 0 Å². The van der Waals surface area contributed by atoms with Crippen molar-refractivity contribution in [2.24, 2.45) is 5.41 Å². The van der Waals surface area contributed by atoms with Gasteiger partial charge in [0.1, 0.15) is 0 Å². The topological polar surface area (TPSA) is 49.7 Å². The Morgan fingerprint density at radius 1 is 0.882 bits per heavy atom. The molecule has 0 unspecified atom stereocenters. The van der Waals surface area contributed by atoms with Gasteiger partial charge in [0.15, 0.2) is 0 Å². The molecule has 2 aromatic rings. The largest absolute Gasteiger partial charge is 0.407 e. The van der Waals surface area contributed by atoms with Crippen LogP contribution in [0.25, 0.3) is 0 Å². The maximum atomic E-state index is 11.0. The van der Waals surface area contributed by atoms with Crippen molar-refractivity contribution in [2.75, 3.05) is 18.1 Å². The molecule has 6 heteroatoms. The summed E-state index contributed by atoms with van der Waals surface area (Å²) >= 11 is 3.89. The third-order valence-electron chi connectivity index (χ3n) is 6.98. The third kappa shape index (κ3) is 6.32. The molecule has 0 aromatic heterocycles. The smallest absolute Gasteiger partial charge is 0.261 e. The molecule has 0 saturated carbocycles. The van der Waals surface area contributed by atoms with E-state index in [0.717, 1.165) is 11.5 Å². The number of rotatable bonds is 10. The minimum absolute atomic E-state index is 0.0857. The highest BCUT2D eigenvalue weighted by atomic mass is 32.2. The summed E-state index contributed by atoms with van der Waals surface area (Å²) in [6.07, 6.45) is 1.00. The number of hydrogen-bond donors (Lipinski definition) is 2. The predicted molar refractivity (Wildman–Crippen MR) is 152 cm³/mol. The van der Waals surface area contributed by atoms with E-state index in [2.05, 4.69) is 83.1 Å². The van der Waals surface area contributed by atoms with Crippen molar-refractivity contribution >= 4 is 42.2 Å². The van der Waals surface area contributed by atoms with Crippen molar-refractivity contribution in [1.82, 2.24) is 0 Å². The average molecular weight is 519 g/mol. The maximum Gasteiger partial charge on any atom is 0.261 e. The van der Waals surface area contributed by atoms with E-state index in [-0.39, 0.29) is 10.5 Å². The molecule has 0 amide bonds. The number of hydrogen-bond acceptors (Lipinski definition) is 5. The first-order chi connectivity index (χ1) is 16.1. The van der Waals surface area contributed by atoms with E-state index in [1.165, 1.54) is 16.8 Å². The highest BCUT2D eigenvalue weighted by Gasteiger charge is 2.50. The van der Waals surface area contributed by atoms with Gasteiger partial charge in [-0.1, -0.05) is 95.3 Å². The Labute approximate surface area is 216 Å². The van der Waals surface area contributed by atoms with Gasteiger partial charge in [0.05, 0.1) is 16.8 Å². The van der Waals surface area contributed by atoms with Crippen molar-refractivity contribution in [3.8, 4) is 0 Å². The van der Waals surface area contributed by atoms with Crippen LogP contribution in [0.15, 0.2) is 60.7 Å². The van der Waals surface area contributed by atoms with Gasteiger partial charge in [0, 0.05) is 12.0 Å². The second kappa shape index (κ2) is 12.0. The summed E-state index contributed by atoms with van der Waals surface area (Å²) in [6, 6.07) is 21.2. The van der Waals surface area contributed by atoms with Crippen LogP contribution < -0.4 is 10.4 Å². The Balaban J connectivity index is 1.72. The molecule has 2 atom stereocenters. The van der Waals surface area contributed by atoms with Crippen molar-refractivity contribution in [3.05, 3.63) is 60.7 Å². The Morgan fingerprint density at radius 3 is 1.85 bits per heavy atom. The van der Waals surface area contributed by atoms with E-state index < -0.39 is 20.5 Å². The lowest BCUT2D eigenvalue weighted by Crippen LogP contribution is -2.66. The second-order valence-electron chi connectivity index (χ2n) is 11.0. The fraction of sp³-hybridized carbons (Fsp3) is 0.571. The number of benzene rings is 2. The highest BCUT2D eigenvalue weighted by molar-refractivity contribution is 8.17. The van der Waals surface area contributed by atoms with E-state index >= 15 is 0 Å². The van der Waals surface area contributed by atoms with Crippen LogP contribution in [0.5, 0.6) is 0 Å². The van der Waals surface area contributed by atoms with Gasteiger partial charge in [-0.25, -0.2) is 0 Å². The van der Waals surface area contributed by atoms with Crippen LogP contribution in [0, 0.1) is 5.41 Å². The van der Waals surface area contributed by atoms with E-state index in [0.29, 0.717) is 24.0 Å². The van der Waals surface area contributed by atoms with Crippen LogP contribution in [0.3, 0.4) is 0 Å². The summed E-state index contributed by atoms with van der Waals surface area (Å²) in [5.41, 5.74) is -0.240. The summed E-state index contributed by atoms with van der Waals surface area (Å²) in [6.45, 7) is 11.5. The zero-order valence-electron chi connectivity index (χ0n) is 21.4. The fourth-order valence-electron chi connectivity index (χ4n) is 4.86. The van der Waals surface area contributed by atoms with Gasteiger partial charge in [-0.15, -0.1) is 23.5 Å². The van der Waals surface area contributed by atoms with Crippen molar-refractivity contribution in [2.45, 2.75) is 75.7 Å². The van der Waals surface area contributed by atoms with Gasteiger partial charge in [-0.2, -0.15) is 0 Å². The van der Waals surface area contributed by atoms with Crippen LogP contribution in [0.2, 0.25) is 5.04 Å². The monoisotopic (exact) mass is 518 g/mol. The molecule has 188 valence electrons. The molecule has 1 saturated heterocycles. The minimum Gasteiger partial charge on any atom is -0.407 e. The Kier molecular flexibility index (Phi) is 9.80. The number of thioether (sulfide) groups is 2. The summed E-state index contributed by atoms with van der Waals surface area (Å²) < 4.78 is 7.28. The van der Waals surface area contributed by atoms with Gasteiger partial charge >= 0.3 is 0 Å². The molecule has 1 heterocycles. The highest BCUT2D eigenvalue weighted by Crippen LogP contribution is 2.45. The van der Waals surface area contributed by atoms with Crippen LogP contribution in [-0.4, -0.2) is 53.4 Å². The molecule has 34 heavy (non-hydrogen) atoms. The van der Waals surface area contributed by atoms with Gasteiger partial charge in [-0.05, 0) is 46.2 Å². The lowest BCUT2D eigenvalue weighted by molar-refractivity contribution is 0.00647. The molecule has 2 N–H and O–H groups in total. The molecule has 1 aliphatic rings. The molecule has 0 radical (unpaired) electrons. The molecule has 1 fully saturated rings. The average Bonchev–Trinajstić information content (AvgIpc) is 2.82. The normalized spacial score (nSPS) is 18.0. The first kappa shape index (κ1) is 27.8. The summed E-state index contributed by atoms with van der Waals surface area (Å²) in [5.74, 6) is 2.31. The van der Waals surface area contributed by atoms with Gasteiger partial charge in [-0.3, -0.25) is 0 Å². The minimum atomic E-state index is -2.60. The zero-order valence-corrected chi connectivity index (χ0v) is 24.0. The zero-order chi connectivity index (χ0) is 24.8. The Morgan fingerprint density at radius 2 is 1.38 bits per heavy atom. The molecule has 0 aliphatic carbocycles. The van der Waals surface area contributed by atoms with E-state index in [4.69, 9.17) is 4.43 Å². The van der Waals surface area contributed by atoms with Crippen LogP contribution >= 0.6 is 23.5 Å². The lowest BCUT2D eigenvalue weighted by atomic mass is 9.85. The molecular formula is C28H42O3S2Si.